The highest BCUT2D eigenvalue weighted by Crippen LogP contribution is 2.40. The molecule has 104 valence electrons. The van der Waals surface area contributed by atoms with E-state index >= 15 is 0 Å². The zero-order valence-electron chi connectivity index (χ0n) is 12.2. The van der Waals surface area contributed by atoms with Crippen LogP contribution in [0.4, 0.5) is 5.82 Å². The maximum atomic E-state index is 4.72. The highest BCUT2D eigenvalue weighted by molar-refractivity contribution is 5.67. The van der Waals surface area contributed by atoms with Gasteiger partial charge in [0.1, 0.15) is 11.6 Å². The lowest BCUT2D eigenvalue weighted by Gasteiger charge is -2.27. The van der Waals surface area contributed by atoms with E-state index in [-0.39, 0.29) is 0 Å². The number of nitrogens with one attached hydrogen (secondary N) is 1. The minimum atomic E-state index is 0.712. The van der Waals surface area contributed by atoms with Crippen molar-refractivity contribution in [2.45, 2.75) is 38.5 Å². The van der Waals surface area contributed by atoms with Crippen LogP contribution < -0.4 is 5.32 Å². The third-order valence-electron chi connectivity index (χ3n) is 4.13. The maximum Gasteiger partial charge on any atom is 0.131 e. The molecule has 1 aromatic carbocycles. The van der Waals surface area contributed by atoms with Crippen LogP contribution in [0.3, 0.4) is 0 Å². The summed E-state index contributed by atoms with van der Waals surface area (Å²) in [5.74, 6) is 2.51. The van der Waals surface area contributed by atoms with Gasteiger partial charge < -0.3 is 5.32 Å². The van der Waals surface area contributed by atoms with Gasteiger partial charge in [0.2, 0.25) is 0 Å². The number of hydrogen-bond donors (Lipinski definition) is 1. The summed E-state index contributed by atoms with van der Waals surface area (Å²) >= 11 is 0. The van der Waals surface area contributed by atoms with Gasteiger partial charge in [-0.2, -0.15) is 0 Å². The summed E-state index contributed by atoms with van der Waals surface area (Å²) in [7, 11) is 1.91. The molecule has 20 heavy (non-hydrogen) atoms. The summed E-state index contributed by atoms with van der Waals surface area (Å²) in [4.78, 5) is 9.20. The molecule has 1 heterocycles. The van der Waals surface area contributed by atoms with Gasteiger partial charge in [-0.3, -0.25) is 0 Å². The summed E-state index contributed by atoms with van der Waals surface area (Å²) in [5.41, 5.74) is 3.76. The summed E-state index contributed by atoms with van der Waals surface area (Å²) in [6.07, 6.45) is 4.82. The van der Waals surface area contributed by atoms with Crippen LogP contribution in [0.25, 0.3) is 11.3 Å². The molecule has 0 atom stereocenters. The Hall–Kier alpha value is -1.90. The lowest BCUT2D eigenvalue weighted by molar-refractivity contribution is 0.420. The van der Waals surface area contributed by atoms with E-state index in [1.165, 1.54) is 30.4 Å². The first-order valence-electron chi connectivity index (χ1n) is 7.46. The Labute approximate surface area is 120 Å². The first-order chi connectivity index (χ1) is 9.81. The van der Waals surface area contributed by atoms with Crippen molar-refractivity contribution < 1.29 is 0 Å². The molecular weight excluding hydrogens is 246 g/mol. The van der Waals surface area contributed by atoms with Crippen LogP contribution in [0.5, 0.6) is 0 Å². The highest BCUT2D eigenvalue weighted by Gasteiger charge is 2.22. The number of anilines is 1. The molecule has 1 aromatic heterocycles. The van der Waals surface area contributed by atoms with Crippen molar-refractivity contribution in [2.75, 3.05) is 12.4 Å². The van der Waals surface area contributed by atoms with Gasteiger partial charge in [0, 0.05) is 25.1 Å². The molecule has 0 unspecified atom stereocenters. The fraction of sp³-hybridized carbons (Fsp3) is 0.412. The van der Waals surface area contributed by atoms with Crippen molar-refractivity contribution in [3.05, 3.63) is 41.7 Å². The normalized spacial score (nSPS) is 14.9. The Kier molecular flexibility index (Phi) is 3.68. The van der Waals surface area contributed by atoms with E-state index in [4.69, 9.17) is 4.98 Å². The molecule has 1 aliphatic rings. The SMILES string of the molecule is CCc1nc(NC)cc(-c2ccccc2C2CCC2)n1. The summed E-state index contributed by atoms with van der Waals surface area (Å²) < 4.78 is 0. The quantitative estimate of drug-likeness (QED) is 0.909. The molecule has 0 radical (unpaired) electrons. The van der Waals surface area contributed by atoms with Crippen LogP contribution in [-0.2, 0) is 6.42 Å². The molecule has 3 nitrogen and oxygen atoms in total. The minimum absolute atomic E-state index is 0.712. The molecule has 3 rings (SSSR count). The second-order valence-electron chi connectivity index (χ2n) is 5.37. The maximum absolute atomic E-state index is 4.72. The fourth-order valence-corrected chi connectivity index (χ4v) is 2.73. The van der Waals surface area contributed by atoms with E-state index < -0.39 is 0 Å². The van der Waals surface area contributed by atoms with Crippen molar-refractivity contribution in [1.82, 2.24) is 9.97 Å². The van der Waals surface area contributed by atoms with Crippen LogP contribution in [-0.4, -0.2) is 17.0 Å². The molecule has 1 aliphatic carbocycles. The Bertz CT molecular complexity index is 581. The standard InChI is InChI=1S/C17H21N3/c1-3-16-19-15(11-17(18-2)20-16)14-10-5-4-9-13(14)12-7-6-8-12/h4-5,9-12H,3,6-8H2,1-2H3,(H,18,19,20). The number of nitrogens with zero attached hydrogens (tertiary/aromatic N) is 2. The van der Waals surface area contributed by atoms with Gasteiger partial charge in [0.25, 0.3) is 0 Å². The van der Waals surface area contributed by atoms with E-state index in [1.807, 2.05) is 7.05 Å². The first kappa shape index (κ1) is 13.1. The van der Waals surface area contributed by atoms with Gasteiger partial charge >= 0.3 is 0 Å². The smallest absolute Gasteiger partial charge is 0.131 e. The van der Waals surface area contributed by atoms with Gasteiger partial charge in [-0.1, -0.05) is 37.6 Å². The van der Waals surface area contributed by atoms with Crippen molar-refractivity contribution in [3.63, 3.8) is 0 Å². The number of aromatic nitrogens is 2. The summed E-state index contributed by atoms with van der Waals surface area (Å²) in [6.45, 7) is 2.09. The second-order valence-corrected chi connectivity index (χ2v) is 5.37. The molecule has 0 bridgehead atoms. The fourth-order valence-electron chi connectivity index (χ4n) is 2.73. The zero-order valence-corrected chi connectivity index (χ0v) is 12.2. The number of benzene rings is 1. The van der Waals surface area contributed by atoms with Crippen molar-refractivity contribution in [1.29, 1.82) is 0 Å². The molecule has 1 saturated carbocycles. The van der Waals surface area contributed by atoms with Crippen LogP contribution in [0.15, 0.2) is 30.3 Å². The number of hydrogen-bond acceptors (Lipinski definition) is 3. The Morgan fingerprint density at radius 1 is 1.20 bits per heavy atom. The van der Waals surface area contributed by atoms with Gasteiger partial charge in [-0.05, 0) is 24.3 Å². The average molecular weight is 267 g/mol. The topological polar surface area (TPSA) is 37.8 Å². The lowest BCUT2D eigenvalue weighted by atomic mass is 9.78. The Balaban J connectivity index is 2.08. The molecule has 1 N–H and O–H groups in total. The van der Waals surface area contributed by atoms with Gasteiger partial charge in [-0.25, -0.2) is 9.97 Å². The third-order valence-corrected chi connectivity index (χ3v) is 4.13. The van der Waals surface area contributed by atoms with Crippen molar-refractivity contribution in [3.8, 4) is 11.3 Å². The molecule has 0 spiro atoms. The molecule has 1 fully saturated rings. The van der Waals surface area contributed by atoms with E-state index in [2.05, 4.69) is 47.6 Å². The molecule has 0 saturated heterocycles. The minimum Gasteiger partial charge on any atom is -0.373 e. The highest BCUT2D eigenvalue weighted by atomic mass is 15.0. The van der Waals surface area contributed by atoms with E-state index in [0.717, 1.165) is 23.8 Å². The van der Waals surface area contributed by atoms with E-state index in [1.54, 1.807) is 0 Å². The monoisotopic (exact) mass is 267 g/mol. The molecule has 0 amide bonds. The number of rotatable bonds is 4. The van der Waals surface area contributed by atoms with Crippen LogP contribution >= 0.6 is 0 Å². The van der Waals surface area contributed by atoms with Crippen molar-refractivity contribution >= 4 is 5.82 Å². The van der Waals surface area contributed by atoms with Gasteiger partial charge in [0.05, 0.1) is 5.69 Å². The predicted octanol–water partition coefficient (Wildman–Crippen LogP) is 4.02. The molecular formula is C17H21N3. The molecule has 3 heteroatoms. The van der Waals surface area contributed by atoms with Crippen LogP contribution in [0.1, 0.15) is 43.5 Å². The van der Waals surface area contributed by atoms with Crippen LogP contribution in [0, 0.1) is 0 Å². The Morgan fingerprint density at radius 2 is 2.00 bits per heavy atom. The van der Waals surface area contributed by atoms with E-state index in [0.29, 0.717) is 5.92 Å². The summed E-state index contributed by atoms with van der Waals surface area (Å²) in [5, 5.41) is 3.14. The average Bonchev–Trinajstić information content (AvgIpc) is 2.45. The third kappa shape index (κ3) is 2.40. The second kappa shape index (κ2) is 5.61. The first-order valence-corrected chi connectivity index (χ1v) is 7.46. The van der Waals surface area contributed by atoms with Gasteiger partial charge in [-0.15, -0.1) is 0 Å². The van der Waals surface area contributed by atoms with Gasteiger partial charge in [0.15, 0.2) is 0 Å². The Morgan fingerprint density at radius 3 is 2.65 bits per heavy atom. The van der Waals surface area contributed by atoms with E-state index in [9.17, 15) is 0 Å². The zero-order chi connectivity index (χ0) is 13.9. The largest absolute Gasteiger partial charge is 0.373 e. The number of aryl methyl sites for hydroxylation is 1. The molecule has 2 aromatic rings. The molecule has 0 aliphatic heterocycles. The predicted molar refractivity (Wildman–Crippen MR) is 83.0 cm³/mol. The summed E-state index contributed by atoms with van der Waals surface area (Å²) in [6, 6.07) is 10.7. The lowest BCUT2D eigenvalue weighted by Crippen LogP contribution is -2.10. The van der Waals surface area contributed by atoms with Crippen molar-refractivity contribution in [2.24, 2.45) is 0 Å². The van der Waals surface area contributed by atoms with Crippen LogP contribution in [0.2, 0.25) is 0 Å².